The van der Waals surface area contributed by atoms with E-state index in [2.05, 4.69) is 25.5 Å². The molecule has 2 aliphatic rings. The van der Waals surface area contributed by atoms with Crippen LogP contribution in [0.2, 0.25) is 0 Å². The third kappa shape index (κ3) is 4.17. The first-order valence-electron chi connectivity index (χ1n) is 12.3. The Labute approximate surface area is 204 Å². The Morgan fingerprint density at radius 2 is 1.94 bits per heavy atom. The van der Waals surface area contributed by atoms with E-state index >= 15 is 0 Å². The van der Waals surface area contributed by atoms with Crippen molar-refractivity contribution in [2.45, 2.75) is 69.4 Å². The summed E-state index contributed by atoms with van der Waals surface area (Å²) in [6.45, 7) is 0.563. The van der Waals surface area contributed by atoms with Crippen LogP contribution in [0.4, 0.5) is 19.1 Å². The Hall–Kier alpha value is -3.25. The van der Waals surface area contributed by atoms with Crippen LogP contribution in [-0.2, 0) is 10.9 Å². The summed E-state index contributed by atoms with van der Waals surface area (Å²) >= 11 is 0. The molecule has 1 saturated carbocycles. The number of nitrogens with zero attached hydrogens (tertiary/aromatic N) is 6. The van der Waals surface area contributed by atoms with Gasteiger partial charge in [-0.1, -0.05) is 6.07 Å². The van der Waals surface area contributed by atoms with Crippen LogP contribution in [-0.4, -0.2) is 48.1 Å². The molecule has 0 aromatic carbocycles. The van der Waals surface area contributed by atoms with E-state index in [0.29, 0.717) is 36.0 Å². The standard InChI is InChI=1S/C24H27F3N8O/c25-24(26,27)16-13-29-23(30-15-7-5-6-14(28)12-15)31-20(16)21-19-17-8-1-3-10-34(17)33-22(19)35(32-21)18-9-2-4-11-36-18/h1,3,8,10,13-15,18H,2,4-7,9,11-12,28H2,(H,29,30,31)/t14-,15+,18?/m0/s1. The molecule has 4 aromatic rings. The lowest BCUT2D eigenvalue weighted by atomic mass is 9.92. The lowest BCUT2D eigenvalue weighted by molar-refractivity contribution is -0.137. The van der Waals surface area contributed by atoms with E-state index in [1.807, 2.05) is 18.2 Å². The number of pyridine rings is 1. The molecule has 36 heavy (non-hydrogen) atoms. The van der Waals surface area contributed by atoms with E-state index < -0.39 is 18.0 Å². The van der Waals surface area contributed by atoms with Crippen molar-refractivity contribution in [2.75, 3.05) is 11.9 Å². The predicted octanol–water partition coefficient (Wildman–Crippen LogP) is 4.54. The molecule has 1 aliphatic carbocycles. The minimum atomic E-state index is -4.67. The maximum atomic E-state index is 14.2. The minimum Gasteiger partial charge on any atom is -0.356 e. The van der Waals surface area contributed by atoms with E-state index in [1.165, 1.54) is 0 Å². The lowest BCUT2D eigenvalue weighted by Crippen LogP contribution is -2.35. The van der Waals surface area contributed by atoms with Gasteiger partial charge in [-0.2, -0.15) is 18.3 Å². The quantitative estimate of drug-likeness (QED) is 0.424. The van der Waals surface area contributed by atoms with Gasteiger partial charge in [0, 0.05) is 31.1 Å². The van der Waals surface area contributed by atoms with Crippen molar-refractivity contribution in [1.29, 1.82) is 0 Å². The molecule has 2 fully saturated rings. The number of halogens is 3. The average Bonchev–Trinajstić information content (AvgIpc) is 3.41. The monoisotopic (exact) mass is 500 g/mol. The second-order valence-corrected chi connectivity index (χ2v) is 9.57. The fourth-order valence-electron chi connectivity index (χ4n) is 5.24. The summed E-state index contributed by atoms with van der Waals surface area (Å²) in [4.78, 5) is 8.40. The first-order chi connectivity index (χ1) is 17.4. The number of anilines is 1. The average molecular weight is 501 g/mol. The molecule has 3 atom stereocenters. The molecule has 12 heteroatoms. The molecule has 0 spiro atoms. The summed E-state index contributed by atoms with van der Waals surface area (Å²) in [7, 11) is 0. The highest BCUT2D eigenvalue weighted by Crippen LogP contribution is 2.40. The van der Waals surface area contributed by atoms with E-state index in [1.54, 1.807) is 15.4 Å². The molecule has 1 saturated heterocycles. The largest absolute Gasteiger partial charge is 0.420 e. The zero-order valence-corrected chi connectivity index (χ0v) is 19.6. The van der Waals surface area contributed by atoms with E-state index in [-0.39, 0.29) is 29.4 Å². The maximum absolute atomic E-state index is 14.2. The van der Waals surface area contributed by atoms with Crippen molar-refractivity contribution in [3.63, 3.8) is 0 Å². The van der Waals surface area contributed by atoms with Crippen molar-refractivity contribution in [3.05, 3.63) is 36.2 Å². The number of ether oxygens (including phenoxy) is 1. The van der Waals surface area contributed by atoms with Gasteiger partial charge < -0.3 is 15.8 Å². The summed E-state index contributed by atoms with van der Waals surface area (Å²) < 4.78 is 51.7. The summed E-state index contributed by atoms with van der Waals surface area (Å²) in [5.41, 5.74) is 6.08. The van der Waals surface area contributed by atoms with E-state index in [9.17, 15) is 13.2 Å². The highest BCUT2D eigenvalue weighted by atomic mass is 19.4. The molecule has 4 aromatic heterocycles. The second-order valence-electron chi connectivity index (χ2n) is 9.57. The number of hydrogen-bond donors (Lipinski definition) is 2. The van der Waals surface area contributed by atoms with Gasteiger partial charge >= 0.3 is 6.18 Å². The van der Waals surface area contributed by atoms with Gasteiger partial charge in [-0.15, -0.1) is 5.10 Å². The van der Waals surface area contributed by atoms with E-state index in [0.717, 1.165) is 38.3 Å². The Bertz CT molecular complexity index is 1390. The van der Waals surface area contributed by atoms with E-state index in [4.69, 9.17) is 10.5 Å². The molecule has 5 heterocycles. The Balaban J connectivity index is 1.53. The first kappa shape index (κ1) is 23.2. The summed E-state index contributed by atoms with van der Waals surface area (Å²) in [5.74, 6) is 0.130. The molecule has 0 bridgehead atoms. The number of aromatic nitrogens is 6. The molecule has 3 N–H and O–H groups in total. The van der Waals surface area contributed by atoms with Crippen LogP contribution < -0.4 is 11.1 Å². The Kier molecular flexibility index (Phi) is 5.79. The van der Waals surface area contributed by atoms with Crippen LogP contribution in [0.1, 0.15) is 56.7 Å². The Morgan fingerprint density at radius 1 is 1.06 bits per heavy atom. The molecule has 190 valence electrons. The third-order valence-corrected chi connectivity index (χ3v) is 6.98. The molecule has 9 nitrogen and oxygen atoms in total. The van der Waals surface area contributed by atoms with Crippen molar-refractivity contribution in [1.82, 2.24) is 29.4 Å². The van der Waals surface area contributed by atoms with Crippen molar-refractivity contribution >= 4 is 22.5 Å². The van der Waals surface area contributed by atoms with Crippen LogP contribution in [0.5, 0.6) is 0 Å². The van der Waals surface area contributed by atoms with Gasteiger partial charge in [0.05, 0.1) is 10.9 Å². The summed E-state index contributed by atoms with van der Waals surface area (Å²) in [6.07, 6.45) is 3.55. The normalized spacial score (nSPS) is 23.4. The van der Waals surface area contributed by atoms with Gasteiger partial charge in [0.1, 0.15) is 17.0 Å². The second kappa shape index (κ2) is 9.00. The Morgan fingerprint density at radius 3 is 2.72 bits per heavy atom. The van der Waals surface area contributed by atoms with Gasteiger partial charge in [-0.3, -0.25) is 0 Å². The fraction of sp³-hybridized carbons (Fsp3) is 0.500. The fourth-order valence-corrected chi connectivity index (χ4v) is 5.24. The van der Waals surface area contributed by atoms with Crippen molar-refractivity contribution < 1.29 is 17.9 Å². The van der Waals surface area contributed by atoms with Crippen LogP contribution in [0.3, 0.4) is 0 Å². The van der Waals surface area contributed by atoms with Gasteiger partial charge in [-0.25, -0.2) is 19.2 Å². The SMILES string of the molecule is N[C@H]1CCC[C@@H](Nc2ncc(C(F)(F)F)c(-c3nn(C4CCCCO4)c4nn5ccccc5c34)n2)C1. The number of alkyl halides is 3. The number of hydrogen-bond acceptors (Lipinski definition) is 7. The predicted molar refractivity (Wildman–Crippen MR) is 127 cm³/mol. The molecular formula is C24H27F3N8O. The number of nitrogens with two attached hydrogens (primary N) is 1. The van der Waals surface area contributed by atoms with Crippen LogP contribution >= 0.6 is 0 Å². The topological polar surface area (TPSA) is 108 Å². The summed E-state index contributed by atoms with van der Waals surface area (Å²) in [5, 5.41) is 13.0. The third-order valence-electron chi connectivity index (χ3n) is 6.98. The molecular weight excluding hydrogens is 473 g/mol. The number of nitrogens with one attached hydrogen (secondary N) is 1. The zero-order chi connectivity index (χ0) is 24.9. The van der Waals surface area contributed by atoms with Gasteiger partial charge in [0.2, 0.25) is 5.95 Å². The van der Waals surface area contributed by atoms with Gasteiger partial charge in [0.15, 0.2) is 11.9 Å². The van der Waals surface area contributed by atoms with Gasteiger partial charge in [0.25, 0.3) is 0 Å². The van der Waals surface area contributed by atoms with Gasteiger partial charge in [-0.05, 0) is 57.1 Å². The van der Waals surface area contributed by atoms with Crippen LogP contribution in [0, 0.1) is 0 Å². The zero-order valence-electron chi connectivity index (χ0n) is 19.6. The summed E-state index contributed by atoms with van der Waals surface area (Å²) in [6, 6.07) is 5.50. The van der Waals surface area contributed by atoms with Crippen LogP contribution in [0.25, 0.3) is 27.9 Å². The molecule has 1 aliphatic heterocycles. The maximum Gasteiger partial charge on any atom is 0.420 e. The number of fused-ring (bicyclic) bond motifs is 3. The number of rotatable bonds is 4. The molecule has 1 unspecified atom stereocenters. The lowest BCUT2D eigenvalue weighted by Gasteiger charge is -2.27. The molecule has 0 radical (unpaired) electrons. The smallest absolute Gasteiger partial charge is 0.356 e. The van der Waals surface area contributed by atoms with Crippen molar-refractivity contribution in [3.8, 4) is 11.4 Å². The van der Waals surface area contributed by atoms with Crippen molar-refractivity contribution in [2.24, 2.45) is 5.73 Å². The molecule has 0 amide bonds. The first-order valence-corrected chi connectivity index (χ1v) is 12.3. The highest BCUT2D eigenvalue weighted by molar-refractivity contribution is 6.03. The highest BCUT2D eigenvalue weighted by Gasteiger charge is 2.38. The minimum absolute atomic E-state index is 0.00327. The molecule has 6 rings (SSSR count). The van der Waals surface area contributed by atoms with Crippen LogP contribution in [0.15, 0.2) is 30.6 Å².